The topological polar surface area (TPSA) is 37.3 Å². The molecule has 0 radical (unpaired) electrons. The zero-order valence-electron chi connectivity index (χ0n) is 7.49. The van der Waals surface area contributed by atoms with Crippen molar-refractivity contribution in [2.24, 2.45) is 11.8 Å². The van der Waals surface area contributed by atoms with Gasteiger partial charge in [0.25, 0.3) is 0 Å². The first-order valence-corrected chi connectivity index (χ1v) is 4.61. The van der Waals surface area contributed by atoms with Gasteiger partial charge >= 0.3 is 5.97 Å². The van der Waals surface area contributed by atoms with E-state index in [4.69, 9.17) is 5.11 Å². The molecular weight excluding hydrogens is 152 g/mol. The van der Waals surface area contributed by atoms with Crippen LogP contribution >= 0.6 is 0 Å². The maximum Gasteiger partial charge on any atom is 0.327 e. The summed E-state index contributed by atoms with van der Waals surface area (Å²) in [6, 6.07) is 0. The van der Waals surface area contributed by atoms with Crippen LogP contribution in [0.25, 0.3) is 0 Å². The Morgan fingerprint density at radius 2 is 2.08 bits per heavy atom. The van der Waals surface area contributed by atoms with E-state index >= 15 is 0 Å². The van der Waals surface area contributed by atoms with Gasteiger partial charge in [0.2, 0.25) is 0 Å². The molecule has 2 nitrogen and oxygen atoms in total. The van der Waals surface area contributed by atoms with Crippen molar-refractivity contribution in [2.75, 3.05) is 0 Å². The molecule has 12 heavy (non-hydrogen) atoms. The molecule has 0 heterocycles. The highest BCUT2D eigenvalue weighted by Crippen LogP contribution is 2.30. The number of carboxylic acid groups (broad SMARTS) is 1. The standard InChI is InChI=1S/C10H16O2/c1-8-4-2-3-5-9(8)6-7-10(11)12/h6-9H,2-5H2,1H3,(H,11,12)/b7-6+. The Labute approximate surface area is 73.3 Å². The predicted octanol–water partition coefficient (Wildman–Crippen LogP) is 2.45. The molecule has 1 aliphatic carbocycles. The lowest BCUT2D eigenvalue weighted by Gasteiger charge is -2.25. The van der Waals surface area contributed by atoms with Crippen molar-refractivity contribution in [1.82, 2.24) is 0 Å². The lowest BCUT2D eigenvalue weighted by atomic mass is 9.80. The van der Waals surface area contributed by atoms with Gasteiger partial charge in [0.05, 0.1) is 0 Å². The van der Waals surface area contributed by atoms with Gasteiger partial charge in [-0.1, -0.05) is 32.3 Å². The molecule has 1 N–H and O–H groups in total. The summed E-state index contributed by atoms with van der Waals surface area (Å²) < 4.78 is 0. The minimum atomic E-state index is -0.826. The van der Waals surface area contributed by atoms with Gasteiger partial charge in [-0.25, -0.2) is 4.79 Å². The number of carbonyl (C=O) groups is 1. The molecule has 1 saturated carbocycles. The van der Waals surface area contributed by atoms with Gasteiger partial charge in [-0.3, -0.25) is 0 Å². The summed E-state index contributed by atoms with van der Waals surface area (Å²) in [5.41, 5.74) is 0. The molecule has 0 saturated heterocycles. The van der Waals surface area contributed by atoms with Gasteiger partial charge in [-0.2, -0.15) is 0 Å². The highest BCUT2D eigenvalue weighted by atomic mass is 16.4. The highest BCUT2D eigenvalue weighted by molar-refractivity contribution is 5.79. The third-order valence-electron chi connectivity index (χ3n) is 2.66. The first kappa shape index (κ1) is 9.30. The third-order valence-corrected chi connectivity index (χ3v) is 2.66. The Bertz CT molecular complexity index is 184. The smallest absolute Gasteiger partial charge is 0.327 e. The van der Waals surface area contributed by atoms with Crippen LogP contribution in [0.4, 0.5) is 0 Å². The molecule has 2 atom stereocenters. The molecular formula is C10H16O2. The lowest BCUT2D eigenvalue weighted by Crippen LogP contribution is -2.14. The Hall–Kier alpha value is -0.790. The second kappa shape index (κ2) is 4.29. The first-order valence-electron chi connectivity index (χ1n) is 4.61. The van der Waals surface area contributed by atoms with Crippen LogP contribution in [0.2, 0.25) is 0 Å². The van der Waals surface area contributed by atoms with E-state index in [1.165, 1.54) is 25.3 Å². The zero-order valence-corrected chi connectivity index (χ0v) is 7.49. The molecule has 68 valence electrons. The van der Waals surface area contributed by atoms with Crippen molar-refractivity contribution < 1.29 is 9.90 Å². The van der Waals surface area contributed by atoms with Gasteiger partial charge < -0.3 is 5.11 Å². The summed E-state index contributed by atoms with van der Waals surface area (Å²) in [5.74, 6) is 0.331. The predicted molar refractivity (Wildman–Crippen MR) is 47.9 cm³/mol. The first-order chi connectivity index (χ1) is 5.70. The van der Waals surface area contributed by atoms with Gasteiger partial charge in [0.1, 0.15) is 0 Å². The Morgan fingerprint density at radius 1 is 1.42 bits per heavy atom. The van der Waals surface area contributed by atoms with Crippen LogP contribution in [0.15, 0.2) is 12.2 Å². The molecule has 0 aromatic rings. The minimum absolute atomic E-state index is 0.495. The van der Waals surface area contributed by atoms with Gasteiger partial charge in [-0.15, -0.1) is 0 Å². The second-order valence-electron chi connectivity index (χ2n) is 3.62. The quantitative estimate of drug-likeness (QED) is 0.643. The number of aliphatic carboxylic acids is 1. The largest absolute Gasteiger partial charge is 0.478 e. The van der Waals surface area contributed by atoms with Crippen LogP contribution in [0, 0.1) is 11.8 Å². The normalized spacial score (nSPS) is 30.8. The average Bonchev–Trinajstić information content (AvgIpc) is 2.03. The number of hydrogen-bond donors (Lipinski definition) is 1. The fraction of sp³-hybridized carbons (Fsp3) is 0.700. The Balaban J connectivity index is 2.43. The summed E-state index contributed by atoms with van der Waals surface area (Å²) in [7, 11) is 0. The van der Waals surface area contributed by atoms with Crippen molar-refractivity contribution in [3.8, 4) is 0 Å². The third kappa shape index (κ3) is 2.68. The van der Waals surface area contributed by atoms with E-state index in [2.05, 4.69) is 6.92 Å². The number of carboxylic acids is 1. The average molecular weight is 168 g/mol. The fourth-order valence-corrected chi connectivity index (χ4v) is 1.84. The van der Waals surface area contributed by atoms with E-state index in [9.17, 15) is 4.79 Å². The van der Waals surface area contributed by atoms with E-state index in [0.29, 0.717) is 11.8 Å². The van der Waals surface area contributed by atoms with E-state index in [-0.39, 0.29) is 0 Å². The summed E-state index contributed by atoms with van der Waals surface area (Å²) in [4.78, 5) is 10.3. The summed E-state index contributed by atoms with van der Waals surface area (Å²) in [5, 5.41) is 8.44. The van der Waals surface area contributed by atoms with E-state index in [0.717, 1.165) is 6.42 Å². The molecule has 0 bridgehead atoms. The van der Waals surface area contributed by atoms with Crippen molar-refractivity contribution >= 4 is 5.97 Å². The maximum absolute atomic E-state index is 10.3. The molecule has 0 aromatic heterocycles. The summed E-state index contributed by atoms with van der Waals surface area (Å²) in [6.45, 7) is 2.20. The van der Waals surface area contributed by atoms with Crippen LogP contribution in [0.3, 0.4) is 0 Å². The van der Waals surface area contributed by atoms with E-state index < -0.39 is 5.97 Å². The second-order valence-corrected chi connectivity index (χ2v) is 3.62. The molecule has 2 unspecified atom stereocenters. The highest BCUT2D eigenvalue weighted by Gasteiger charge is 2.18. The monoisotopic (exact) mass is 168 g/mol. The Morgan fingerprint density at radius 3 is 2.67 bits per heavy atom. The molecule has 0 amide bonds. The molecule has 1 aliphatic rings. The molecule has 0 aliphatic heterocycles. The van der Waals surface area contributed by atoms with Crippen LogP contribution < -0.4 is 0 Å². The molecule has 1 fully saturated rings. The van der Waals surface area contributed by atoms with Crippen LogP contribution in [-0.4, -0.2) is 11.1 Å². The van der Waals surface area contributed by atoms with Crippen LogP contribution in [-0.2, 0) is 4.79 Å². The van der Waals surface area contributed by atoms with Crippen LogP contribution in [0.1, 0.15) is 32.6 Å². The molecule has 2 heteroatoms. The van der Waals surface area contributed by atoms with E-state index in [1.54, 1.807) is 0 Å². The van der Waals surface area contributed by atoms with Crippen molar-refractivity contribution in [2.45, 2.75) is 32.6 Å². The van der Waals surface area contributed by atoms with Crippen molar-refractivity contribution in [3.63, 3.8) is 0 Å². The molecule has 0 aromatic carbocycles. The number of allylic oxidation sites excluding steroid dienone is 1. The lowest BCUT2D eigenvalue weighted by molar-refractivity contribution is -0.131. The molecule has 1 rings (SSSR count). The summed E-state index contributed by atoms with van der Waals surface area (Å²) in [6.07, 6.45) is 8.09. The fourth-order valence-electron chi connectivity index (χ4n) is 1.84. The van der Waals surface area contributed by atoms with Crippen molar-refractivity contribution in [1.29, 1.82) is 0 Å². The number of rotatable bonds is 2. The summed E-state index contributed by atoms with van der Waals surface area (Å²) >= 11 is 0. The maximum atomic E-state index is 10.3. The Kier molecular flexibility index (Phi) is 3.32. The van der Waals surface area contributed by atoms with Gasteiger partial charge in [0.15, 0.2) is 0 Å². The minimum Gasteiger partial charge on any atom is -0.478 e. The van der Waals surface area contributed by atoms with Gasteiger partial charge in [0, 0.05) is 6.08 Å². The number of hydrogen-bond acceptors (Lipinski definition) is 1. The molecule has 0 spiro atoms. The van der Waals surface area contributed by atoms with E-state index in [1.807, 2.05) is 6.08 Å². The zero-order chi connectivity index (χ0) is 8.97. The SMILES string of the molecule is CC1CCCCC1/C=C/C(=O)O. The van der Waals surface area contributed by atoms with Crippen molar-refractivity contribution in [3.05, 3.63) is 12.2 Å². The van der Waals surface area contributed by atoms with Crippen LogP contribution in [0.5, 0.6) is 0 Å². The van der Waals surface area contributed by atoms with Gasteiger partial charge in [-0.05, 0) is 18.3 Å².